The van der Waals surface area contributed by atoms with Crippen LogP contribution >= 0.6 is 0 Å². The minimum absolute atomic E-state index is 0.138. The minimum atomic E-state index is -0.138. The number of amides is 1. The van der Waals surface area contributed by atoms with Crippen molar-refractivity contribution in [2.75, 3.05) is 45.3 Å². The Labute approximate surface area is 218 Å². The van der Waals surface area contributed by atoms with E-state index in [2.05, 4.69) is 62.6 Å². The first kappa shape index (κ1) is 24.9. The van der Waals surface area contributed by atoms with Crippen molar-refractivity contribution in [1.29, 1.82) is 0 Å². The Morgan fingerprint density at radius 3 is 2.46 bits per heavy atom. The highest BCUT2D eigenvalue weighted by atomic mass is 16.5. The van der Waals surface area contributed by atoms with Gasteiger partial charge in [-0.15, -0.1) is 0 Å². The van der Waals surface area contributed by atoms with Crippen LogP contribution in [0.4, 0.5) is 5.69 Å². The van der Waals surface area contributed by atoms with E-state index in [0.717, 1.165) is 49.5 Å². The molecule has 1 aliphatic carbocycles. The van der Waals surface area contributed by atoms with E-state index in [1.165, 1.54) is 11.4 Å². The van der Waals surface area contributed by atoms with Crippen molar-refractivity contribution in [3.05, 3.63) is 83.5 Å². The second-order valence-electron chi connectivity index (χ2n) is 9.38. The summed E-state index contributed by atoms with van der Waals surface area (Å²) in [6.07, 6.45) is 10.2. The lowest BCUT2D eigenvalue weighted by Gasteiger charge is -2.38. The summed E-state index contributed by atoms with van der Waals surface area (Å²) in [5.41, 5.74) is 5.65. The molecule has 1 aliphatic heterocycles. The fourth-order valence-electron chi connectivity index (χ4n) is 4.99. The molecule has 37 heavy (non-hydrogen) atoms. The van der Waals surface area contributed by atoms with Crippen molar-refractivity contribution < 1.29 is 14.3 Å². The van der Waals surface area contributed by atoms with Crippen molar-refractivity contribution in [3.8, 4) is 5.75 Å². The van der Waals surface area contributed by atoms with Crippen LogP contribution in [0.3, 0.4) is 0 Å². The van der Waals surface area contributed by atoms with Gasteiger partial charge in [0.1, 0.15) is 17.1 Å². The first-order chi connectivity index (χ1) is 18.1. The lowest BCUT2D eigenvalue weighted by molar-refractivity contribution is 0.0944. The van der Waals surface area contributed by atoms with E-state index in [9.17, 15) is 4.79 Å². The van der Waals surface area contributed by atoms with Gasteiger partial charge in [-0.05, 0) is 48.7 Å². The lowest BCUT2D eigenvalue weighted by atomic mass is 10.1. The second-order valence-corrected chi connectivity index (χ2v) is 9.38. The predicted molar refractivity (Wildman–Crippen MR) is 145 cm³/mol. The smallest absolute Gasteiger partial charge is 0.270 e. The van der Waals surface area contributed by atoms with Gasteiger partial charge in [0.15, 0.2) is 0 Å². The molecule has 1 saturated heterocycles. The van der Waals surface area contributed by atoms with Crippen LogP contribution in [-0.4, -0.2) is 66.7 Å². The topological polar surface area (TPSA) is 71.3 Å². The quantitative estimate of drug-likeness (QED) is 0.506. The zero-order valence-corrected chi connectivity index (χ0v) is 21.8. The molecule has 3 heterocycles. The Hall–Kier alpha value is -3.78. The average molecular weight is 502 g/mol. The number of fused-ring (bicyclic) bond motifs is 1. The molecule has 3 aromatic rings. The number of nitrogens with zero attached hydrogens (tertiary/aromatic N) is 4. The van der Waals surface area contributed by atoms with Crippen LogP contribution in [0.2, 0.25) is 0 Å². The number of hydrogen-bond acceptors (Lipinski definition) is 6. The van der Waals surface area contributed by atoms with E-state index >= 15 is 0 Å². The number of rotatable bonds is 8. The summed E-state index contributed by atoms with van der Waals surface area (Å²) in [5.74, 6) is 0.547. The van der Waals surface area contributed by atoms with Gasteiger partial charge in [0.25, 0.3) is 5.91 Å². The molecule has 1 fully saturated rings. The SMILES string of the molecule is CCc1nc2ccc(OC)cn2c1C(=O)NCc1ccc(N2CCN(C3=CCC(OC)C=C3)CC2)cc1. The van der Waals surface area contributed by atoms with Gasteiger partial charge in [-0.1, -0.05) is 31.2 Å². The van der Waals surface area contributed by atoms with E-state index in [1.807, 2.05) is 29.7 Å². The van der Waals surface area contributed by atoms with Crippen LogP contribution in [0.5, 0.6) is 5.75 Å². The number of carbonyl (C=O) groups is 1. The maximum atomic E-state index is 13.1. The van der Waals surface area contributed by atoms with Gasteiger partial charge in [0, 0.05) is 51.2 Å². The van der Waals surface area contributed by atoms with Crippen molar-refractivity contribution in [2.45, 2.75) is 32.4 Å². The highest BCUT2D eigenvalue weighted by molar-refractivity contribution is 5.94. The highest BCUT2D eigenvalue weighted by Gasteiger charge is 2.21. The number of carbonyl (C=O) groups excluding carboxylic acids is 1. The van der Waals surface area contributed by atoms with Crippen molar-refractivity contribution >= 4 is 17.2 Å². The van der Waals surface area contributed by atoms with E-state index in [0.29, 0.717) is 24.4 Å². The van der Waals surface area contributed by atoms with Gasteiger partial charge in [-0.25, -0.2) is 4.98 Å². The van der Waals surface area contributed by atoms with Crippen LogP contribution in [0.25, 0.3) is 5.65 Å². The third kappa shape index (κ3) is 5.34. The summed E-state index contributed by atoms with van der Waals surface area (Å²) in [6, 6.07) is 12.2. The third-order valence-electron chi connectivity index (χ3n) is 7.19. The Bertz CT molecular complexity index is 1300. The summed E-state index contributed by atoms with van der Waals surface area (Å²) in [5, 5.41) is 3.07. The molecular weight excluding hydrogens is 466 g/mol. The number of aromatic nitrogens is 2. The molecule has 2 aromatic heterocycles. The van der Waals surface area contributed by atoms with Crippen molar-refractivity contribution in [1.82, 2.24) is 19.6 Å². The minimum Gasteiger partial charge on any atom is -0.495 e. The number of hydrogen-bond donors (Lipinski definition) is 1. The zero-order valence-electron chi connectivity index (χ0n) is 21.8. The fraction of sp³-hybridized carbons (Fsp3) is 0.379. The van der Waals surface area contributed by atoms with E-state index in [1.54, 1.807) is 14.2 Å². The van der Waals surface area contributed by atoms with E-state index < -0.39 is 0 Å². The molecule has 8 nitrogen and oxygen atoms in total. The standard InChI is InChI=1S/C29H35N5O3/c1-4-26-28(34-20-25(37-3)13-14-27(34)31-26)29(35)30-19-21-5-7-22(8-6-21)32-15-17-33(18-16-32)23-9-11-24(36-2)12-10-23/h5-11,13-14,20,24H,4,12,15-19H2,1-3H3,(H,30,35). The fourth-order valence-corrected chi connectivity index (χ4v) is 4.99. The molecule has 8 heteroatoms. The second kappa shape index (κ2) is 11.1. The summed E-state index contributed by atoms with van der Waals surface area (Å²) in [7, 11) is 3.37. The molecule has 1 amide bonds. The maximum absolute atomic E-state index is 13.1. The molecule has 1 N–H and O–H groups in total. The Morgan fingerprint density at radius 1 is 1.05 bits per heavy atom. The lowest BCUT2D eigenvalue weighted by Crippen LogP contribution is -2.45. The first-order valence-corrected chi connectivity index (χ1v) is 12.9. The third-order valence-corrected chi connectivity index (χ3v) is 7.19. The summed E-state index contributed by atoms with van der Waals surface area (Å²) in [4.78, 5) is 22.6. The van der Waals surface area contributed by atoms with Crippen LogP contribution in [-0.2, 0) is 17.7 Å². The molecule has 0 spiro atoms. The largest absolute Gasteiger partial charge is 0.495 e. The van der Waals surface area contributed by atoms with Gasteiger partial charge in [-0.3, -0.25) is 9.20 Å². The zero-order chi connectivity index (χ0) is 25.8. The molecular formula is C29H35N5O3. The average Bonchev–Trinajstić information content (AvgIpc) is 3.34. The number of nitrogens with one attached hydrogen (secondary N) is 1. The number of ether oxygens (including phenoxy) is 2. The summed E-state index contributed by atoms with van der Waals surface area (Å²) >= 11 is 0. The van der Waals surface area contributed by atoms with E-state index in [4.69, 9.17) is 9.47 Å². The monoisotopic (exact) mass is 501 g/mol. The molecule has 1 unspecified atom stereocenters. The number of benzene rings is 1. The van der Waals surface area contributed by atoms with Crippen LogP contribution in [0.15, 0.2) is 66.5 Å². The molecule has 0 bridgehead atoms. The molecule has 0 radical (unpaired) electrons. The number of aryl methyl sites for hydroxylation is 1. The van der Waals surface area contributed by atoms with Crippen LogP contribution < -0.4 is 15.0 Å². The molecule has 2 aliphatic rings. The normalized spacial score (nSPS) is 17.7. The summed E-state index contributed by atoms with van der Waals surface area (Å²) in [6.45, 7) is 6.41. The molecule has 1 aromatic carbocycles. The Kier molecular flexibility index (Phi) is 7.46. The van der Waals surface area contributed by atoms with Gasteiger partial charge in [0.2, 0.25) is 0 Å². The Morgan fingerprint density at radius 2 is 1.81 bits per heavy atom. The molecule has 194 valence electrons. The highest BCUT2D eigenvalue weighted by Crippen LogP contribution is 2.22. The molecule has 0 saturated carbocycles. The number of imidazole rings is 1. The van der Waals surface area contributed by atoms with Gasteiger partial charge in [-0.2, -0.15) is 0 Å². The molecule has 1 atom stereocenters. The van der Waals surface area contributed by atoms with Crippen molar-refractivity contribution in [3.63, 3.8) is 0 Å². The first-order valence-electron chi connectivity index (χ1n) is 12.9. The number of methoxy groups -OCH3 is 2. The van der Waals surface area contributed by atoms with Gasteiger partial charge in [0.05, 0.1) is 25.1 Å². The number of piperazine rings is 1. The molecule has 5 rings (SSSR count). The van der Waals surface area contributed by atoms with Gasteiger partial charge < -0.3 is 24.6 Å². The number of pyridine rings is 1. The van der Waals surface area contributed by atoms with Gasteiger partial charge >= 0.3 is 0 Å². The number of allylic oxidation sites excluding steroid dienone is 1. The Balaban J connectivity index is 1.18. The van der Waals surface area contributed by atoms with Crippen molar-refractivity contribution in [2.24, 2.45) is 0 Å². The number of anilines is 1. The van der Waals surface area contributed by atoms with E-state index in [-0.39, 0.29) is 12.0 Å². The van der Waals surface area contributed by atoms with Crippen LogP contribution in [0.1, 0.15) is 35.1 Å². The maximum Gasteiger partial charge on any atom is 0.270 e. The van der Waals surface area contributed by atoms with Crippen LogP contribution in [0, 0.1) is 0 Å². The summed E-state index contributed by atoms with van der Waals surface area (Å²) < 4.78 is 12.6. The predicted octanol–water partition coefficient (Wildman–Crippen LogP) is 3.82.